The van der Waals surface area contributed by atoms with Crippen LogP contribution in [0.3, 0.4) is 0 Å². The molecular weight excluding hydrogens is 288 g/mol. The zero-order valence-corrected chi connectivity index (χ0v) is 13.9. The number of aliphatic hydroxyl groups excluding tert-OH is 2. The van der Waals surface area contributed by atoms with E-state index in [1.807, 2.05) is 18.2 Å². The third kappa shape index (κ3) is 2.85. The summed E-state index contributed by atoms with van der Waals surface area (Å²) in [5, 5.41) is 19.5. The standard InChI is InChI=1S/C20H28O3/c1-2-3-9-16-17-14(11-21)10-15(12-22)19(17)20(23)18(16)13-7-5-4-6-8-13/h4-8,14-19,21-22H,2-3,9-12H2,1H3/t14-,15+,16+,17+,18-,19+/m0/s1. The van der Waals surface area contributed by atoms with E-state index in [0.717, 1.165) is 31.2 Å². The molecule has 0 spiro atoms. The average molecular weight is 316 g/mol. The number of hydrogen-bond donors (Lipinski definition) is 2. The molecule has 0 aliphatic heterocycles. The summed E-state index contributed by atoms with van der Waals surface area (Å²) >= 11 is 0. The minimum Gasteiger partial charge on any atom is -0.396 e. The molecule has 2 fully saturated rings. The van der Waals surface area contributed by atoms with E-state index < -0.39 is 0 Å². The minimum atomic E-state index is -0.0655. The monoisotopic (exact) mass is 316 g/mol. The molecule has 126 valence electrons. The van der Waals surface area contributed by atoms with Gasteiger partial charge in [-0.2, -0.15) is 0 Å². The van der Waals surface area contributed by atoms with E-state index in [0.29, 0.717) is 11.7 Å². The molecular formula is C20H28O3. The van der Waals surface area contributed by atoms with E-state index >= 15 is 0 Å². The molecule has 0 heterocycles. The van der Waals surface area contributed by atoms with E-state index in [1.165, 1.54) is 0 Å². The third-order valence-electron chi connectivity index (χ3n) is 6.15. The molecule has 3 heteroatoms. The highest BCUT2D eigenvalue weighted by Crippen LogP contribution is 2.57. The largest absolute Gasteiger partial charge is 0.396 e. The van der Waals surface area contributed by atoms with Gasteiger partial charge in [0.05, 0.1) is 0 Å². The predicted octanol–water partition coefficient (Wildman–Crippen LogP) is 3.01. The Balaban J connectivity index is 1.97. The van der Waals surface area contributed by atoms with Crippen molar-refractivity contribution in [1.29, 1.82) is 0 Å². The van der Waals surface area contributed by atoms with E-state index in [2.05, 4.69) is 19.1 Å². The second kappa shape index (κ2) is 7.14. The second-order valence-electron chi connectivity index (χ2n) is 7.32. The Labute approximate surface area is 138 Å². The van der Waals surface area contributed by atoms with Crippen LogP contribution in [0.1, 0.15) is 44.1 Å². The lowest BCUT2D eigenvalue weighted by Crippen LogP contribution is -2.23. The molecule has 23 heavy (non-hydrogen) atoms. The van der Waals surface area contributed by atoms with E-state index in [9.17, 15) is 15.0 Å². The maximum absolute atomic E-state index is 13.2. The van der Waals surface area contributed by atoms with Gasteiger partial charge in [-0.3, -0.25) is 4.79 Å². The van der Waals surface area contributed by atoms with Gasteiger partial charge in [0.15, 0.2) is 0 Å². The summed E-state index contributed by atoms with van der Waals surface area (Å²) < 4.78 is 0. The topological polar surface area (TPSA) is 57.5 Å². The Morgan fingerprint density at radius 1 is 1.09 bits per heavy atom. The predicted molar refractivity (Wildman–Crippen MR) is 90.0 cm³/mol. The van der Waals surface area contributed by atoms with Crippen LogP contribution in [0.4, 0.5) is 0 Å². The smallest absolute Gasteiger partial charge is 0.144 e. The lowest BCUT2D eigenvalue weighted by molar-refractivity contribution is -0.123. The molecule has 1 aromatic carbocycles. The van der Waals surface area contributed by atoms with Gasteiger partial charge in [-0.1, -0.05) is 50.1 Å². The summed E-state index contributed by atoms with van der Waals surface area (Å²) in [6, 6.07) is 10.1. The van der Waals surface area contributed by atoms with Gasteiger partial charge in [-0.25, -0.2) is 0 Å². The highest BCUT2D eigenvalue weighted by Gasteiger charge is 2.58. The van der Waals surface area contributed by atoms with Gasteiger partial charge in [0.1, 0.15) is 5.78 Å². The quantitative estimate of drug-likeness (QED) is 0.848. The highest BCUT2D eigenvalue weighted by molar-refractivity contribution is 5.91. The first kappa shape index (κ1) is 16.7. The first-order valence-electron chi connectivity index (χ1n) is 9.03. The van der Waals surface area contributed by atoms with Crippen LogP contribution in [0.2, 0.25) is 0 Å². The SMILES string of the molecule is CCCC[C@@H]1[C@H]2[C@H](CO)C[C@H](CO)[C@H]2C(=O)[C@H]1c1ccccc1. The van der Waals surface area contributed by atoms with Gasteiger partial charge >= 0.3 is 0 Å². The van der Waals surface area contributed by atoms with Crippen molar-refractivity contribution in [3.63, 3.8) is 0 Å². The molecule has 3 rings (SSSR count). The summed E-state index contributed by atoms with van der Waals surface area (Å²) in [5.74, 6) is 0.923. The summed E-state index contributed by atoms with van der Waals surface area (Å²) in [7, 11) is 0. The lowest BCUT2D eigenvalue weighted by Gasteiger charge is -2.27. The highest BCUT2D eigenvalue weighted by atomic mass is 16.3. The molecule has 0 bridgehead atoms. The van der Waals surface area contributed by atoms with Gasteiger partial charge in [-0.15, -0.1) is 0 Å². The molecule has 0 aromatic heterocycles. The third-order valence-corrected chi connectivity index (χ3v) is 6.15. The van der Waals surface area contributed by atoms with Crippen LogP contribution < -0.4 is 0 Å². The Bertz CT molecular complexity index is 527. The molecule has 0 unspecified atom stereocenters. The van der Waals surface area contributed by atoms with E-state index in [4.69, 9.17) is 0 Å². The van der Waals surface area contributed by atoms with Crippen LogP contribution in [0.15, 0.2) is 30.3 Å². The normalized spacial score (nSPS) is 36.4. The fraction of sp³-hybridized carbons (Fsp3) is 0.650. The van der Waals surface area contributed by atoms with Crippen molar-refractivity contribution in [2.75, 3.05) is 13.2 Å². The summed E-state index contributed by atoms with van der Waals surface area (Å²) in [4.78, 5) is 13.2. The van der Waals surface area contributed by atoms with Crippen molar-refractivity contribution < 1.29 is 15.0 Å². The maximum atomic E-state index is 13.2. The van der Waals surface area contributed by atoms with Crippen molar-refractivity contribution in [2.24, 2.45) is 29.6 Å². The molecule has 0 saturated heterocycles. The Hall–Kier alpha value is -1.19. The number of fused-ring (bicyclic) bond motifs is 1. The lowest BCUT2D eigenvalue weighted by atomic mass is 9.77. The average Bonchev–Trinajstić information content (AvgIpc) is 3.09. The van der Waals surface area contributed by atoms with Crippen LogP contribution in [-0.2, 0) is 4.79 Å². The first-order chi connectivity index (χ1) is 11.2. The summed E-state index contributed by atoms with van der Waals surface area (Å²) in [5.41, 5.74) is 1.11. The summed E-state index contributed by atoms with van der Waals surface area (Å²) in [6.45, 7) is 2.38. The number of rotatable bonds is 6. The molecule has 3 nitrogen and oxygen atoms in total. The number of carbonyl (C=O) groups is 1. The van der Waals surface area contributed by atoms with Crippen LogP contribution in [0.25, 0.3) is 0 Å². The number of carbonyl (C=O) groups excluding carboxylic acids is 1. The number of benzene rings is 1. The van der Waals surface area contributed by atoms with Crippen molar-refractivity contribution in [3.05, 3.63) is 35.9 Å². The van der Waals surface area contributed by atoms with Crippen molar-refractivity contribution in [1.82, 2.24) is 0 Å². The van der Waals surface area contributed by atoms with Gasteiger partial charge in [0.2, 0.25) is 0 Å². The number of ketones is 1. The molecule has 2 aliphatic rings. The zero-order chi connectivity index (χ0) is 16.4. The Morgan fingerprint density at radius 2 is 1.78 bits per heavy atom. The van der Waals surface area contributed by atoms with E-state index in [-0.39, 0.29) is 42.8 Å². The molecule has 2 N–H and O–H groups in total. The van der Waals surface area contributed by atoms with Crippen LogP contribution >= 0.6 is 0 Å². The van der Waals surface area contributed by atoms with Crippen molar-refractivity contribution in [2.45, 2.75) is 38.5 Å². The number of aliphatic hydroxyl groups is 2. The molecule has 2 aliphatic carbocycles. The zero-order valence-electron chi connectivity index (χ0n) is 13.9. The van der Waals surface area contributed by atoms with Crippen molar-refractivity contribution in [3.8, 4) is 0 Å². The van der Waals surface area contributed by atoms with Gasteiger partial charge in [-0.05, 0) is 42.1 Å². The van der Waals surface area contributed by atoms with Crippen LogP contribution in [-0.4, -0.2) is 29.2 Å². The number of unbranched alkanes of at least 4 members (excludes halogenated alkanes) is 1. The first-order valence-corrected chi connectivity index (χ1v) is 9.03. The number of hydrogen-bond acceptors (Lipinski definition) is 3. The second-order valence-corrected chi connectivity index (χ2v) is 7.32. The van der Waals surface area contributed by atoms with Gasteiger partial charge in [0, 0.05) is 25.0 Å². The maximum Gasteiger partial charge on any atom is 0.144 e. The molecule has 0 radical (unpaired) electrons. The fourth-order valence-electron chi connectivity index (χ4n) is 5.23. The van der Waals surface area contributed by atoms with Gasteiger partial charge < -0.3 is 10.2 Å². The Kier molecular flexibility index (Phi) is 5.17. The summed E-state index contributed by atoms with van der Waals surface area (Å²) in [6.07, 6.45) is 4.07. The molecule has 6 atom stereocenters. The minimum absolute atomic E-state index is 0.0301. The molecule has 0 amide bonds. The molecule has 1 aromatic rings. The molecule has 2 saturated carbocycles. The van der Waals surface area contributed by atoms with Gasteiger partial charge in [0.25, 0.3) is 0 Å². The van der Waals surface area contributed by atoms with E-state index in [1.54, 1.807) is 0 Å². The van der Waals surface area contributed by atoms with Crippen molar-refractivity contribution >= 4 is 5.78 Å². The number of Topliss-reactive ketones (excluding diaryl/α,β-unsaturated/α-hetero) is 1. The fourth-order valence-corrected chi connectivity index (χ4v) is 5.23. The van der Waals surface area contributed by atoms with Crippen LogP contribution in [0, 0.1) is 29.6 Å². The van der Waals surface area contributed by atoms with Crippen LogP contribution in [0.5, 0.6) is 0 Å². The Morgan fingerprint density at radius 3 is 2.39 bits per heavy atom.